The Morgan fingerprint density at radius 2 is 2.24 bits per heavy atom. The second-order valence-corrected chi connectivity index (χ2v) is 6.16. The van der Waals surface area contributed by atoms with Gasteiger partial charge in [-0.3, -0.25) is 9.59 Å². The maximum atomic E-state index is 13.6. The first-order valence-electron chi connectivity index (χ1n) is 6.92. The van der Waals surface area contributed by atoms with E-state index < -0.39 is 6.04 Å². The summed E-state index contributed by atoms with van der Waals surface area (Å²) in [6, 6.07) is 5.80. The predicted molar refractivity (Wildman–Crippen MR) is 79.9 cm³/mol. The quantitative estimate of drug-likeness (QED) is 0.895. The van der Waals surface area contributed by atoms with E-state index in [0.29, 0.717) is 23.2 Å². The van der Waals surface area contributed by atoms with Crippen LogP contribution < -0.4 is 10.6 Å². The lowest BCUT2D eigenvalue weighted by molar-refractivity contribution is -0.122. The summed E-state index contributed by atoms with van der Waals surface area (Å²) >= 11 is 1.23. The van der Waals surface area contributed by atoms with Crippen molar-refractivity contribution in [3.63, 3.8) is 0 Å². The molecule has 110 valence electrons. The van der Waals surface area contributed by atoms with Crippen molar-refractivity contribution < 1.29 is 14.0 Å². The van der Waals surface area contributed by atoms with Crippen molar-refractivity contribution in [1.29, 1.82) is 0 Å². The van der Waals surface area contributed by atoms with Gasteiger partial charge in [0.25, 0.3) is 5.91 Å². The van der Waals surface area contributed by atoms with Gasteiger partial charge in [-0.05, 0) is 37.5 Å². The molecule has 0 spiro atoms. The summed E-state index contributed by atoms with van der Waals surface area (Å²) in [6.07, 6.45) is 2.45. The largest absolute Gasteiger partial charge is 0.354 e. The van der Waals surface area contributed by atoms with Crippen LogP contribution in [0.1, 0.15) is 28.9 Å². The third-order valence-electron chi connectivity index (χ3n) is 3.57. The van der Waals surface area contributed by atoms with Crippen molar-refractivity contribution in [3.8, 4) is 0 Å². The van der Waals surface area contributed by atoms with Crippen molar-refractivity contribution in [1.82, 2.24) is 10.6 Å². The molecule has 21 heavy (non-hydrogen) atoms. The van der Waals surface area contributed by atoms with Gasteiger partial charge in [-0.15, -0.1) is 11.3 Å². The Balaban J connectivity index is 1.80. The zero-order valence-electron chi connectivity index (χ0n) is 11.3. The minimum absolute atomic E-state index is 0.145. The minimum Gasteiger partial charge on any atom is -0.354 e. The van der Waals surface area contributed by atoms with Crippen molar-refractivity contribution in [2.45, 2.75) is 25.3 Å². The maximum Gasteiger partial charge on any atom is 0.262 e. The molecule has 6 heteroatoms. The summed E-state index contributed by atoms with van der Waals surface area (Å²) < 4.78 is 14.4. The van der Waals surface area contributed by atoms with Gasteiger partial charge in [-0.1, -0.05) is 6.07 Å². The maximum absolute atomic E-state index is 13.6. The molecule has 1 fully saturated rings. The summed E-state index contributed by atoms with van der Waals surface area (Å²) in [4.78, 5) is 24.5. The number of benzene rings is 1. The molecule has 2 N–H and O–H groups in total. The van der Waals surface area contributed by atoms with Crippen LogP contribution in [0.3, 0.4) is 0 Å². The third-order valence-corrected chi connectivity index (χ3v) is 4.67. The van der Waals surface area contributed by atoms with Crippen LogP contribution in [0.4, 0.5) is 4.39 Å². The molecule has 4 nitrogen and oxygen atoms in total. The monoisotopic (exact) mass is 306 g/mol. The average molecular weight is 306 g/mol. The third kappa shape index (κ3) is 2.90. The number of hydrogen-bond donors (Lipinski definition) is 2. The first-order valence-corrected chi connectivity index (χ1v) is 7.73. The summed E-state index contributed by atoms with van der Waals surface area (Å²) in [6.45, 7) is 0.652. The Kier molecular flexibility index (Phi) is 3.88. The van der Waals surface area contributed by atoms with Crippen LogP contribution in [0.15, 0.2) is 24.3 Å². The lowest BCUT2D eigenvalue weighted by Gasteiger charge is -2.14. The molecule has 1 aromatic heterocycles. The summed E-state index contributed by atoms with van der Waals surface area (Å²) in [5.41, 5.74) is 0. The highest BCUT2D eigenvalue weighted by molar-refractivity contribution is 7.20. The van der Waals surface area contributed by atoms with Crippen LogP contribution in [0.2, 0.25) is 0 Å². The number of hydrogen-bond acceptors (Lipinski definition) is 3. The van der Waals surface area contributed by atoms with Gasteiger partial charge in [0.15, 0.2) is 0 Å². The van der Waals surface area contributed by atoms with Crippen LogP contribution in [0.5, 0.6) is 0 Å². The summed E-state index contributed by atoms with van der Waals surface area (Å²) in [7, 11) is 0. The fourth-order valence-corrected chi connectivity index (χ4v) is 3.42. The Labute approximate surface area is 125 Å². The standard InChI is InChI=1S/C15H15FN2O2S/c16-10-4-3-6-12-9(10)8-13(21-12)15(20)18-11-5-1-2-7-17-14(11)19/h3-4,6,8,11H,1-2,5,7H2,(H,17,19)(H,18,20)/t11-/m1/s1. The van der Waals surface area contributed by atoms with Crippen LogP contribution in [-0.4, -0.2) is 24.4 Å². The summed E-state index contributed by atoms with van der Waals surface area (Å²) in [5.74, 6) is -0.805. The highest BCUT2D eigenvalue weighted by atomic mass is 32.1. The predicted octanol–water partition coefficient (Wildman–Crippen LogP) is 2.44. The Morgan fingerprint density at radius 3 is 3.05 bits per heavy atom. The SMILES string of the molecule is O=C(N[C@@H]1CCCCNC1=O)c1cc2c(F)cccc2s1. The van der Waals surface area contributed by atoms with Gasteiger partial charge in [-0.2, -0.15) is 0 Å². The lowest BCUT2D eigenvalue weighted by atomic mass is 10.1. The summed E-state index contributed by atoms with van der Waals surface area (Å²) in [5, 5.41) is 5.96. The van der Waals surface area contributed by atoms with Crippen LogP contribution in [0, 0.1) is 5.82 Å². The van der Waals surface area contributed by atoms with E-state index in [1.165, 1.54) is 17.4 Å². The Hall–Kier alpha value is -1.95. The van der Waals surface area contributed by atoms with Crippen LogP contribution in [0.25, 0.3) is 10.1 Å². The molecule has 1 aromatic carbocycles. The molecule has 3 rings (SSSR count). The number of rotatable bonds is 2. The number of carbonyl (C=O) groups excluding carboxylic acids is 2. The molecule has 0 saturated carbocycles. The molecule has 2 heterocycles. The molecule has 0 radical (unpaired) electrons. The number of halogens is 1. The second-order valence-electron chi connectivity index (χ2n) is 5.08. The number of nitrogens with one attached hydrogen (secondary N) is 2. The van der Waals surface area contributed by atoms with Gasteiger partial charge in [0.2, 0.25) is 5.91 Å². The van der Waals surface area contributed by atoms with Gasteiger partial charge in [0, 0.05) is 16.6 Å². The topological polar surface area (TPSA) is 58.2 Å². The van der Waals surface area contributed by atoms with Crippen molar-refractivity contribution in [2.75, 3.05) is 6.54 Å². The first kappa shape index (κ1) is 14.0. The van der Waals surface area contributed by atoms with E-state index in [0.717, 1.165) is 17.5 Å². The number of carbonyl (C=O) groups is 2. The van der Waals surface area contributed by atoms with E-state index in [1.54, 1.807) is 18.2 Å². The minimum atomic E-state index is -0.505. The van der Waals surface area contributed by atoms with Crippen LogP contribution in [-0.2, 0) is 4.79 Å². The molecule has 0 bridgehead atoms. The number of thiophene rings is 1. The molecule has 1 atom stereocenters. The zero-order valence-corrected chi connectivity index (χ0v) is 12.1. The van der Waals surface area contributed by atoms with Gasteiger partial charge < -0.3 is 10.6 Å². The number of amides is 2. The van der Waals surface area contributed by atoms with Gasteiger partial charge >= 0.3 is 0 Å². The highest BCUT2D eigenvalue weighted by Crippen LogP contribution is 2.27. The Morgan fingerprint density at radius 1 is 1.38 bits per heavy atom. The lowest BCUT2D eigenvalue weighted by Crippen LogP contribution is -2.45. The highest BCUT2D eigenvalue weighted by Gasteiger charge is 2.23. The van der Waals surface area contributed by atoms with E-state index in [-0.39, 0.29) is 17.6 Å². The zero-order chi connectivity index (χ0) is 14.8. The number of fused-ring (bicyclic) bond motifs is 1. The molecular weight excluding hydrogens is 291 g/mol. The average Bonchev–Trinajstić information content (AvgIpc) is 2.81. The molecule has 1 aliphatic heterocycles. The van der Waals surface area contributed by atoms with E-state index >= 15 is 0 Å². The molecule has 0 aliphatic carbocycles. The van der Waals surface area contributed by atoms with E-state index in [1.807, 2.05) is 0 Å². The van der Waals surface area contributed by atoms with E-state index in [2.05, 4.69) is 10.6 Å². The molecule has 0 unspecified atom stereocenters. The van der Waals surface area contributed by atoms with Crippen LogP contribution >= 0.6 is 11.3 Å². The fraction of sp³-hybridized carbons (Fsp3) is 0.333. The smallest absolute Gasteiger partial charge is 0.262 e. The Bertz CT molecular complexity index is 698. The van der Waals surface area contributed by atoms with Crippen molar-refractivity contribution in [3.05, 3.63) is 35.0 Å². The fourth-order valence-electron chi connectivity index (χ4n) is 2.44. The molecule has 2 amide bonds. The van der Waals surface area contributed by atoms with E-state index in [9.17, 15) is 14.0 Å². The molecule has 2 aromatic rings. The molecular formula is C15H15FN2O2S. The second kappa shape index (κ2) is 5.81. The van der Waals surface area contributed by atoms with Crippen molar-refractivity contribution in [2.24, 2.45) is 0 Å². The first-order chi connectivity index (χ1) is 10.1. The normalized spacial score (nSPS) is 19.1. The van der Waals surface area contributed by atoms with Gasteiger partial charge in [0.05, 0.1) is 4.88 Å². The van der Waals surface area contributed by atoms with E-state index in [4.69, 9.17) is 0 Å². The molecule has 1 saturated heterocycles. The van der Waals surface area contributed by atoms with Gasteiger partial charge in [0.1, 0.15) is 11.9 Å². The van der Waals surface area contributed by atoms with Crippen molar-refractivity contribution >= 4 is 33.2 Å². The van der Waals surface area contributed by atoms with Gasteiger partial charge in [-0.25, -0.2) is 4.39 Å². The molecule has 1 aliphatic rings.